The fourth-order valence-electron chi connectivity index (χ4n) is 2.14. The molecule has 2 rings (SSSR count). The van der Waals surface area contributed by atoms with Crippen molar-refractivity contribution in [3.8, 4) is 0 Å². The summed E-state index contributed by atoms with van der Waals surface area (Å²) < 4.78 is 0. The van der Waals surface area contributed by atoms with Crippen LogP contribution in [0.2, 0.25) is 5.02 Å². The highest BCUT2D eigenvalue weighted by Crippen LogP contribution is 2.10. The molecule has 4 nitrogen and oxygen atoms in total. The van der Waals surface area contributed by atoms with E-state index in [0.717, 1.165) is 5.56 Å². The second-order valence-corrected chi connectivity index (χ2v) is 5.65. The standard InChI is InChI=1S/C19H19ClN2O2/c1-2-11-21-18(23)15-4-3-5-16(13-15)19(24)22-12-10-14-6-8-17(20)9-7-14/h2-9,13H,1,10-12H2,(H,21,23)(H,22,24). The molecule has 24 heavy (non-hydrogen) atoms. The van der Waals surface area contributed by atoms with Gasteiger partial charge in [0.25, 0.3) is 11.8 Å². The van der Waals surface area contributed by atoms with Gasteiger partial charge in [-0.05, 0) is 42.3 Å². The third-order valence-electron chi connectivity index (χ3n) is 3.41. The summed E-state index contributed by atoms with van der Waals surface area (Å²) in [4.78, 5) is 24.1. The van der Waals surface area contributed by atoms with Gasteiger partial charge >= 0.3 is 0 Å². The number of nitrogens with one attached hydrogen (secondary N) is 2. The number of carbonyl (C=O) groups is 2. The predicted molar refractivity (Wildman–Crippen MR) is 96.5 cm³/mol. The molecule has 0 heterocycles. The highest BCUT2D eigenvalue weighted by Gasteiger charge is 2.09. The van der Waals surface area contributed by atoms with Crippen molar-refractivity contribution in [2.24, 2.45) is 0 Å². The first kappa shape index (κ1) is 17.8. The van der Waals surface area contributed by atoms with Crippen LogP contribution in [0.15, 0.2) is 61.2 Å². The monoisotopic (exact) mass is 342 g/mol. The fraction of sp³-hybridized carbons (Fsp3) is 0.158. The molecular formula is C19H19ClN2O2. The molecule has 0 unspecified atom stereocenters. The zero-order valence-corrected chi connectivity index (χ0v) is 14.0. The Morgan fingerprint density at radius 3 is 2.25 bits per heavy atom. The first-order chi connectivity index (χ1) is 11.6. The van der Waals surface area contributed by atoms with Crippen LogP contribution in [0.4, 0.5) is 0 Å². The van der Waals surface area contributed by atoms with Gasteiger partial charge in [-0.2, -0.15) is 0 Å². The molecular weight excluding hydrogens is 324 g/mol. The Labute approximate surface area is 146 Å². The molecule has 0 fully saturated rings. The van der Waals surface area contributed by atoms with E-state index in [1.54, 1.807) is 30.3 Å². The highest BCUT2D eigenvalue weighted by molar-refractivity contribution is 6.30. The predicted octanol–water partition coefficient (Wildman–Crippen LogP) is 3.23. The number of benzene rings is 2. The Morgan fingerprint density at radius 1 is 1.00 bits per heavy atom. The topological polar surface area (TPSA) is 58.2 Å². The summed E-state index contributed by atoms with van der Waals surface area (Å²) in [6.45, 7) is 4.44. The summed E-state index contributed by atoms with van der Waals surface area (Å²) in [6, 6.07) is 14.1. The van der Waals surface area contributed by atoms with Gasteiger partial charge in [-0.1, -0.05) is 35.9 Å². The SMILES string of the molecule is C=CCNC(=O)c1cccc(C(=O)NCCc2ccc(Cl)cc2)c1. The molecule has 0 aliphatic rings. The maximum Gasteiger partial charge on any atom is 0.251 e. The van der Waals surface area contributed by atoms with Crippen LogP contribution in [0.3, 0.4) is 0 Å². The van der Waals surface area contributed by atoms with E-state index in [0.29, 0.717) is 35.7 Å². The molecule has 5 heteroatoms. The van der Waals surface area contributed by atoms with Crippen molar-refractivity contribution >= 4 is 23.4 Å². The van der Waals surface area contributed by atoms with Crippen LogP contribution < -0.4 is 10.6 Å². The molecule has 0 atom stereocenters. The average Bonchev–Trinajstić information content (AvgIpc) is 2.61. The van der Waals surface area contributed by atoms with Crippen molar-refractivity contribution in [2.75, 3.05) is 13.1 Å². The van der Waals surface area contributed by atoms with Crippen LogP contribution in [-0.2, 0) is 6.42 Å². The minimum atomic E-state index is -0.231. The van der Waals surface area contributed by atoms with E-state index in [2.05, 4.69) is 17.2 Å². The Kier molecular flexibility index (Phi) is 6.58. The van der Waals surface area contributed by atoms with Crippen molar-refractivity contribution in [1.29, 1.82) is 0 Å². The van der Waals surface area contributed by atoms with E-state index >= 15 is 0 Å². The second-order valence-electron chi connectivity index (χ2n) is 5.21. The molecule has 0 saturated heterocycles. The van der Waals surface area contributed by atoms with Crippen LogP contribution in [0.25, 0.3) is 0 Å². The zero-order valence-electron chi connectivity index (χ0n) is 13.2. The Hall–Kier alpha value is -2.59. The summed E-state index contributed by atoms with van der Waals surface area (Å²) >= 11 is 5.84. The molecule has 2 aromatic carbocycles. The van der Waals surface area contributed by atoms with Gasteiger partial charge in [-0.25, -0.2) is 0 Å². The third kappa shape index (κ3) is 5.25. The molecule has 0 bridgehead atoms. The number of hydrogen-bond donors (Lipinski definition) is 2. The van der Waals surface area contributed by atoms with Crippen LogP contribution in [-0.4, -0.2) is 24.9 Å². The average molecular weight is 343 g/mol. The number of amides is 2. The summed E-state index contributed by atoms with van der Waals surface area (Å²) in [5.74, 6) is -0.437. The molecule has 2 amide bonds. The molecule has 0 spiro atoms. The van der Waals surface area contributed by atoms with Crippen molar-refractivity contribution in [2.45, 2.75) is 6.42 Å². The summed E-state index contributed by atoms with van der Waals surface area (Å²) in [5, 5.41) is 6.23. The van der Waals surface area contributed by atoms with Crippen LogP contribution in [0.1, 0.15) is 26.3 Å². The van der Waals surface area contributed by atoms with Crippen molar-refractivity contribution in [3.05, 3.63) is 82.9 Å². The van der Waals surface area contributed by atoms with Gasteiger partial charge in [0.1, 0.15) is 0 Å². The van der Waals surface area contributed by atoms with Gasteiger partial charge in [0, 0.05) is 29.2 Å². The normalized spacial score (nSPS) is 10.0. The molecule has 0 aromatic heterocycles. The Bertz CT molecular complexity index is 726. The summed E-state index contributed by atoms with van der Waals surface area (Å²) in [7, 11) is 0. The molecule has 2 aromatic rings. The quantitative estimate of drug-likeness (QED) is 0.759. The first-order valence-corrected chi connectivity index (χ1v) is 8.00. The first-order valence-electron chi connectivity index (χ1n) is 7.62. The molecule has 0 aliphatic heterocycles. The molecule has 2 N–H and O–H groups in total. The molecule has 0 saturated carbocycles. The Morgan fingerprint density at radius 2 is 1.62 bits per heavy atom. The largest absolute Gasteiger partial charge is 0.352 e. The van der Waals surface area contributed by atoms with Crippen molar-refractivity contribution < 1.29 is 9.59 Å². The van der Waals surface area contributed by atoms with Crippen LogP contribution in [0.5, 0.6) is 0 Å². The molecule has 124 valence electrons. The number of hydrogen-bond acceptors (Lipinski definition) is 2. The number of halogens is 1. The number of carbonyl (C=O) groups excluding carboxylic acids is 2. The third-order valence-corrected chi connectivity index (χ3v) is 3.66. The second kappa shape index (κ2) is 8.89. The van der Waals surface area contributed by atoms with E-state index in [1.165, 1.54) is 0 Å². The van der Waals surface area contributed by atoms with E-state index in [9.17, 15) is 9.59 Å². The number of rotatable bonds is 7. The molecule has 0 radical (unpaired) electrons. The molecule has 0 aliphatic carbocycles. The highest BCUT2D eigenvalue weighted by atomic mass is 35.5. The minimum absolute atomic E-state index is 0.206. The lowest BCUT2D eigenvalue weighted by Crippen LogP contribution is -2.27. The van der Waals surface area contributed by atoms with Gasteiger partial charge in [-0.15, -0.1) is 6.58 Å². The smallest absolute Gasteiger partial charge is 0.251 e. The Balaban J connectivity index is 1.91. The summed E-state index contributed by atoms with van der Waals surface area (Å²) in [5.41, 5.74) is 2.00. The van der Waals surface area contributed by atoms with Gasteiger partial charge in [0.2, 0.25) is 0 Å². The minimum Gasteiger partial charge on any atom is -0.352 e. The lowest BCUT2D eigenvalue weighted by Gasteiger charge is -2.07. The van der Waals surface area contributed by atoms with E-state index in [1.807, 2.05) is 24.3 Å². The van der Waals surface area contributed by atoms with E-state index in [4.69, 9.17) is 11.6 Å². The van der Waals surface area contributed by atoms with Gasteiger partial charge in [-0.3, -0.25) is 9.59 Å². The summed E-state index contributed by atoms with van der Waals surface area (Å²) in [6.07, 6.45) is 2.31. The van der Waals surface area contributed by atoms with E-state index < -0.39 is 0 Å². The fourth-order valence-corrected chi connectivity index (χ4v) is 2.27. The van der Waals surface area contributed by atoms with Gasteiger partial charge in [0.05, 0.1) is 0 Å². The van der Waals surface area contributed by atoms with Crippen LogP contribution in [0, 0.1) is 0 Å². The van der Waals surface area contributed by atoms with E-state index in [-0.39, 0.29) is 11.8 Å². The maximum atomic E-state index is 12.2. The lowest BCUT2D eigenvalue weighted by atomic mass is 10.1. The van der Waals surface area contributed by atoms with Gasteiger partial charge in [0.15, 0.2) is 0 Å². The maximum absolute atomic E-state index is 12.2. The van der Waals surface area contributed by atoms with Gasteiger partial charge < -0.3 is 10.6 Å². The lowest BCUT2D eigenvalue weighted by molar-refractivity contribution is 0.0954. The van der Waals surface area contributed by atoms with Crippen LogP contribution >= 0.6 is 11.6 Å². The van der Waals surface area contributed by atoms with Crippen molar-refractivity contribution in [1.82, 2.24) is 10.6 Å². The zero-order chi connectivity index (χ0) is 17.4. The van der Waals surface area contributed by atoms with Crippen molar-refractivity contribution in [3.63, 3.8) is 0 Å².